The highest BCUT2D eigenvalue weighted by molar-refractivity contribution is 7.12. The average molecular weight is 222 g/mol. The molecule has 2 aromatic heterocycles. The van der Waals surface area contributed by atoms with Gasteiger partial charge in [-0.25, -0.2) is 4.98 Å². The van der Waals surface area contributed by atoms with Crippen LogP contribution in [0.4, 0.5) is 0 Å². The Balaban J connectivity index is 2.47. The Hall–Kier alpha value is -1.13. The minimum atomic E-state index is -0.389. The van der Waals surface area contributed by atoms with Gasteiger partial charge in [-0.05, 0) is 32.9 Å². The molecule has 2 heterocycles. The SMILES string of the molecule is Cc1sc(C(C)(C)N)nc1-c1ccco1. The number of hydrogen-bond acceptors (Lipinski definition) is 4. The average Bonchev–Trinajstić information content (AvgIpc) is 2.69. The summed E-state index contributed by atoms with van der Waals surface area (Å²) in [6.07, 6.45) is 1.65. The minimum Gasteiger partial charge on any atom is -0.463 e. The van der Waals surface area contributed by atoms with Crippen molar-refractivity contribution in [2.75, 3.05) is 0 Å². The molecule has 2 rings (SSSR count). The number of furan rings is 1. The Kier molecular flexibility index (Phi) is 2.40. The molecule has 2 aromatic rings. The van der Waals surface area contributed by atoms with Gasteiger partial charge in [0, 0.05) is 4.88 Å². The van der Waals surface area contributed by atoms with Crippen molar-refractivity contribution in [3.05, 3.63) is 28.3 Å². The normalized spacial score (nSPS) is 12.0. The Morgan fingerprint density at radius 3 is 2.67 bits per heavy atom. The van der Waals surface area contributed by atoms with E-state index in [1.807, 2.05) is 32.9 Å². The van der Waals surface area contributed by atoms with Crippen molar-refractivity contribution in [2.45, 2.75) is 26.3 Å². The van der Waals surface area contributed by atoms with Crippen molar-refractivity contribution in [3.63, 3.8) is 0 Å². The van der Waals surface area contributed by atoms with Crippen LogP contribution in [-0.4, -0.2) is 4.98 Å². The number of rotatable bonds is 2. The number of nitrogens with two attached hydrogens (primary N) is 1. The van der Waals surface area contributed by atoms with E-state index in [2.05, 4.69) is 4.98 Å². The molecule has 0 atom stereocenters. The van der Waals surface area contributed by atoms with Crippen LogP contribution in [0.1, 0.15) is 23.7 Å². The first-order valence-corrected chi connectivity index (χ1v) is 5.61. The summed E-state index contributed by atoms with van der Waals surface area (Å²) in [4.78, 5) is 5.66. The maximum Gasteiger partial charge on any atom is 0.153 e. The Morgan fingerprint density at radius 1 is 1.47 bits per heavy atom. The highest BCUT2D eigenvalue weighted by atomic mass is 32.1. The van der Waals surface area contributed by atoms with Gasteiger partial charge in [0.2, 0.25) is 0 Å². The standard InChI is InChI=1S/C11H14N2OS/c1-7-9(8-5-4-6-14-8)13-10(15-7)11(2,3)12/h4-6H,12H2,1-3H3. The van der Waals surface area contributed by atoms with E-state index in [-0.39, 0.29) is 5.54 Å². The number of aryl methyl sites for hydroxylation is 1. The molecule has 0 bridgehead atoms. The van der Waals surface area contributed by atoms with E-state index in [0.717, 1.165) is 21.3 Å². The van der Waals surface area contributed by atoms with Gasteiger partial charge < -0.3 is 10.2 Å². The van der Waals surface area contributed by atoms with Gasteiger partial charge in [-0.3, -0.25) is 0 Å². The van der Waals surface area contributed by atoms with E-state index in [9.17, 15) is 0 Å². The predicted octanol–water partition coefficient (Wildman–Crippen LogP) is 2.91. The number of nitrogens with zero attached hydrogens (tertiary/aromatic N) is 1. The molecule has 0 aliphatic carbocycles. The second-order valence-corrected chi connectivity index (χ2v) is 5.33. The molecular formula is C11H14N2OS. The zero-order chi connectivity index (χ0) is 11.1. The largest absolute Gasteiger partial charge is 0.463 e. The first-order valence-electron chi connectivity index (χ1n) is 4.79. The monoisotopic (exact) mass is 222 g/mol. The fourth-order valence-corrected chi connectivity index (χ4v) is 2.25. The van der Waals surface area contributed by atoms with Crippen LogP contribution < -0.4 is 5.73 Å². The van der Waals surface area contributed by atoms with Crippen LogP contribution in [0.3, 0.4) is 0 Å². The fraction of sp³-hybridized carbons (Fsp3) is 0.364. The summed E-state index contributed by atoms with van der Waals surface area (Å²) in [5, 5.41) is 0.936. The third kappa shape index (κ3) is 1.96. The lowest BCUT2D eigenvalue weighted by molar-refractivity contribution is 0.547. The molecule has 0 spiro atoms. The van der Waals surface area contributed by atoms with E-state index in [1.54, 1.807) is 17.6 Å². The lowest BCUT2D eigenvalue weighted by atomic mass is 10.1. The van der Waals surface area contributed by atoms with E-state index in [4.69, 9.17) is 10.2 Å². The fourth-order valence-electron chi connectivity index (χ4n) is 1.31. The topological polar surface area (TPSA) is 52.0 Å². The molecule has 0 unspecified atom stereocenters. The number of hydrogen-bond donors (Lipinski definition) is 1. The molecule has 0 fully saturated rings. The molecular weight excluding hydrogens is 208 g/mol. The molecule has 0 aliphatic heterocycles. The molecule has 0 aliphatic rings. The lowest BCUT2D eigenvalue weighted by Gasteiger charge is -2.13. The Morgan fingerprint density at radius 2 is 2.20 bits per heavy atom. The number of thiazole rings is 1. The van der Waals surface area contributed by atoms with Crippen LogP contribution in [0, 0.1) is 6.92 Å². The Labute approximate surface area is 92.9 Å². The second-order valence-electron chi connectivity index (χ2n) is 4.12. The molecule has 0 saturated carbocycles. The summed E-state index contributed by atoms with van der Waals surface area (Å²) >= 11 is 1.62. The van der Waals surface area contributed by atoms with Crippen molar-refractivity contribution >= 4 is 11.3 Å². The van der Waals surface area contributed by atoms with Gasteiger partial charge in [-0.15, -0.1) is 11.3 Å². The van der Waals surface area contributed by atoms with Crippen molar-refractivity contribution in [1.82, 2.24) is 4.98 Å². The molecule has 4 heteroatoms. The summed E-state index contributed by atoms with van der Waals surface area (Å²) in [6.45, 7) is 5.94. The van der Waals surface area contributed by atoms with Crippen LogP contribution in [0.25, 0.3) is 11.5 Å². The van der Waals surface area contributed by atoms with Gasteiger partial charge >= 0.3 is 0 Å². The van der Waals surface area contributed by atoms with Gasteiger partial charge in [0.15, 0.2) is 5.76 Å². The molecule has 15 heavy (non-hydrogen) atoms. The smallest absolute Gasteiger partial charge is 0.153 e. The third-order valence-corrected chi connectivity index (χ3v) is 3.41. The van der Waals surface area contributed by atoms with Crippen molar-refractivity contribution < 1.29 is 4.42 Å². The van der Waals surface area contributed by atoms with Crippen molar-refractivity contribution in [2.24, 2.45) is 5.73 Å². The van der Waals surface area contributed by atoms with Crippen molar-refractivity contribution in [1.29, 1.82) is 0 Å². The first-order chi connectivity index (χ1) is 6.98. The van der Waals surface area contributed by atoms with Crippen LogP contribution in [0.2, 0.25) is 0 Å². The molecule has 0 amide bonds. The molecule has 0 aromatic carbocycles. The zero-order valence-corrected chi connectivity index (χ0v) is 9.89. The van der Waals surface area contributed by atoms with Gasteiger partial charge in [-0.2, -0.15) is 0 Å². The van der Waals surface area contributed by atoms with Crippen LogP contribution in [-0.2, 0) is 5.54 Å². The maximum atomic E-state index is 6.01. The summed E-state index contributed by atoms with van der Waals surface area (Å²) in [6, 6.07) is 3.77. The zero-order valence-electron chi connectivity index (χ0n) is 9.07. The molecule has 80 valence electrons. The summed E-state index contributed by atoms with van der Waals surface area (Å²) in [5.74, 6) is 0.805. The maximum absolute atomic E-state index is 6.01. The molecule has 3 nitrogen and oxygen atoms in total. The third-order valence-electron chi connectivity index (χ3n) is 2.10. The number of aromatic nitrogens is 1. The van der Waals surface area contributed by atoms with E-state index < -0.39 is 0 Å². The van der Waals surface area contributed by atoms with Gasteiger partial charge in [-0.1, -0.05) is 0 Å². The van der Waals surface area contributed by atoms with Crippen LogP contribution in [0.15, 0.2) is 22.8 Å². The minimum absolute atomic E-state index is 0.389. The van der Waals surface area contributed by atoms with Gasteiger partial charge in [0.1, 0.15) is 10.7 Å². The quantitative estimate of drug-likeness (QED) is 0.850. The van der Waals surface area contributed by atoms with Gasteiger partial charge in [0.25, 0.3) is 0 Å². The predicted molar refractivity (Wildman–Crippen MR) is 61.8 cm³/mol. The Bertz CT molecular complexity index is 451. The molecule has 0 saturated heterocycles. The lowest BCUT2D eigenvalue weighted by Crippen LogP contribution is -2.28. The van der Waals surface area contributed by atoms with Gasteiger partial charge in [0.05, 0.1) is 11.8 Å². The van der Waals surface area contributed by atoms with E-state index in [1.165, 1.54) is 0 Å². The summed E-state index contributed by atoms with van der Waals surface area (Å²) in [5.41, 5.74) is 6.52. The van der Waals surface area contributed by atoms with E-state index >= 15 is 0 Å². The summed E-state index contributed by atoms with van der Waals surface area (Å²) in [7, 11) is 0. The highest BCUT2D eigenvalue weighted by Crippen LogP contribution is 2.31. The van der Waals surface area contributed by atoms with Crippen molar-refractivity contribution in [3.8, 4) is 11.5 Å². The summed E-state index contributed by atoms with van der Waals surface area (Å²) < 4.78 is 5.33. The van der Waals surface area contributed by atoms with Crippen LogP contribution >= 0.6 is 11.3 Å². The van der Waals surface area contributed by atoms with Crippen LogP contribution in [0.5, 0.6) is 0 Å². The molecule has 0 radical (unpaired) electrons. The second kappa shape index (κ2) is 3.47. The van der Waals surface area contributed by atoms with E-state index in [0.29, 0.717) is 0 Å². The highest BCUT2D eigenvalue weighted by Gasteiger charge is 2.21. The first kappa shape index (κ1) is 10.4. The molecule has 2 N–H and O–H groups in total.